The molecule has 0 saturated heterocycles. The molecule has 152 valence electrons. The summed E-state index contributed by atoms with van der Waals surface area (Å²) in [5, 5.41) is 6.95. The van der Waals surface area contributed by atoms with Gasteiger partial charge in [0, 0.05) is 25.4 Å². The number of carbonyl (C=O) groups excluding carboxylic acids is 1. The topological polar surface area (TPSA) is 93.1 Å². The van der Waals surface area contributed by atoms with Gasteiger partial charge in [0.1, 0.15) is 0 Å². The van der Waals surface area contributed by atoms with Crippen LogP contribution in [-0.2, 0) is 23.5 Å². The van der Waals surface area contributed by atoms with Crippen LogP contribution in [0.15, 0.2) is 59.8 Å². The van der Waals surface area contributed by atoms with Crippen molar-refractivity contribution in [3.63, 3.8) is 0 Å². The molecule has 0 unspecified atom stereocenters. The first-order chi connectivity index (χ1) is 13.7. The zero-order chi connectivity index (χ0) is 21.0. The molecule has 8 heteroatoms. The van der Waals surface area contributed by atoms with Crippen molar-refractivity contribution in [3.05, 3.63) is 77.1 Å². The molecule has 0 fully saturated rings. The zero-order valence-electron chi connectivity index (χ0n) is 16.6. The fourth-order valence-corrected chi connectivity index (χ4v) is 3.94. The third kappa shape index (κ3) is 5.23. The van der Waals surface area contributed by atoms with E-state index in [9.17, 15) is 13.2 Å². The van der Waals surface area contributed by atoms with Gasteiger partial charge in [0.15, 0.2) is 0 Å². The highest BCUT2D eigenvalue weighted by atomic mass is 32.2. The van der Waals surface area contributed by atoms with Crippen molar-refractivity contribution >= 4 is 21.6 Å². The first kappa shape index (κ1) is 20.6. The Morgan fingerprint density at radius 2 is 1.83 bits per heavy atom. The predicted molar refractivity (Wildman–Crippen MR) is 112 cm³/mol. The number of carbonyl (C=O) groups is 1. The van der Waals surface area contributed by atoms with Gasteiger partial charge in [-0.15, -0.1) is 0 Å². The summed E-state index contributed by atoms with van der Waals surface area (Å²) >= 11 is 0. The Kier molecular flexibility index (Phi) is 6.03. The van der Waals surface area contributed by atoms with Gasteiger partial charge < -0.3 is 5.32 Å². The smallest absolute Gasteiger partial charge is 0.261 e. The number of nitrogens with one attached hydrogen (secondary N) is 2. The molecule has 0 aliphatic heterocycles. The molecule has 2 aromatic carbocycles. The molecule has 0 aliphatic carbocycles. The number of amides is 1. The fraction of sp³-hybridized carbons (Fsp3) is 0.238. The van der Waals surface area contributed by atoms with Crippen LogP contribution in [0.25, 0.3) is 0 Å². The lowest BCUT2D eigenvalue weighted by Gasteiger charge is -2.13. The van der Waals surface area contributed by atoms with Gasteiger partial charge in [0.25, 0.3) is 15.9 Å². The fourth-order valence-electron chi connectivity index (χ4n) is 2.82. The summed E-state index contributed by atoms with van der Waals surface area (Å²) in [6.45, 7) is 4.14. The largest absolute Gasteiger partial charge is 0.352 e. The van der Waals surface area contributed by atoms with Crippen LogP contribution in [0, 0.1) is 13.8 Å². The molecule has 3 aromatic rings. The third-order valence-electron chi connectivity index (χ3n) is 4.53. The lowest BCUT2D eigenvalue weighted by molar-refractivity contribution is 0.0954. The maximum absolute atomic E-state index is 12.7. The molecule has 29 heavy (non-hydrogen) atoms. The second-order valence-corrected chi connectivity index (χ2v) is 8.66. The second-order valence-electron chi connectivity index (χ2n) is 6.98. The van der Waals surface area contributed by atoms with Crippen LogP contribution in [0.1, 0.15) is 27.0 Å². The molecule has 1 heterocycles. The number of benzene rings is 2. The Morgan fingerprint density at radius 3 is 2.48 bits per heavy atom. The highest BCUT2D eigenvalue weighted by Crippen LogP contribution is 2.21. The van der Waals surface area contributed by atoms with Crippen LogP contribution in [0.2, 0.25) is 0 Å². The molecule has 0 radical (unpaired) electrons. The van der Waals surface area contributed by atoms with E-state index in [2.05, 4.69) is 15.1 Å². The Balaban J connectivity index is 1.70. The number of nitrogens with zero attached hydrogens (tertiary/aromatic N) is 2. The third-order valence-corrected chi connectivity index (χ3v) is 5.91. The second kappa shape index (κ2) is 8.48. The number of sulfonamides is 1. The summed E-state index contributed by atoms with van der Waals surface area (Å²) in [6, 6.07) is 11.6. The van der Waals surface area contributed by atoms with E-state index in [0.29, 0.717) is 24.2 Å². The summed E-state index contributed by atoms with van der Waals surface area (Å²) in [5.74, 6) is -0.260. The predicted octanol–water partition coefficient (Wildman–Crippen LogP) is 2.81. The van der Waals surface area contributed by atoms with Crippen molar-refractivity contribution < 1.29 is 13.2 Å². The normalized spacial score (nSPS) is 11.3. The number of hydrogen-bond acceptors (Lipinski definition) is 4. The minimum Gasteiger partial charge on any atom is -0.352 e. The van der Waals surface area contributed by atoms with E-state index < -0.39 is 10.0 Å². The molecule has 7 nitrogen and oxygen atoms in total. The van der Waals surface area contributed by atoms with Gasteiger partial charge in [-0.3, -0.25) is 14.2 Å². The summed E-state index contributed by atoms with van der Waals surface area (Å²) in [4.78, 5) is 12.6. The monoisotopic (exact) mass is 412 g/mol. The van der Waals surface area contributed by atoms with Gasteiger partial charge in [-0.25, -0.2) is 8.42 Å². The summed E-state index contributed by atoms with van der Waals surface area (Å²) < 4.78 is 29.6. The summed E-state index contributed by atoms with van der Waals surface area (Å²) in [5.41, 5.74) is 3.51. The Labute approximate surface area is 170 Å². The van der Waals surface area contributed by atoms with Crippen molar-refractivity contribution in [3.8, 4) is 0 Å². The van der Waals surface area contributed by atoms with Gasteiger partial charge >= 0.3 is 0 Å². The van der Waals surface area contributed by atoms with Crippen molar-refractivity contribution in [1.82, 2.24) is 15.1 Å². The Hall–Kier alpha value is -3.13. The number of hydrogen-bond donors (Lipinski definition) is 2. The molecular weight excluding hydrogens is 388 g/mol. The minimum absolute atomic E-state index is 0.175. The van der Waals surface area contributed by atoms with Gasteiger partial charge in [-0.1, -0.05) is 23.8 Å². The molecule has 0 saturated carbocycles. The lowest BCUT2D eigenvalue weighted by atomic mass is 10.1. The molecular formula is C21H24N4O3S. The Morgan fingerprint density at radius 1 is 1.10 bits per heavy atom. The number of anilines is 1. The van der Waals surface area contributed by atoms with E-state index in [1.165, 1.54) is 0 Å². The molecule has 1 aromatic heterocycles. The average Bonchev–Trinajstić information content (AvgIpc) is 3.08. The molecule has 0 aliphatic rings. The highest BCUT2D eigenvalue weighted by Gasteiger charge is 2.16. The quantitative estimate of drug-likeness (QED) is 0.624. The maximum Gasteiger partial charge on any atom is 0.261 e. The maximum atomic E-state index is 12.7. The van der Waals surface area contributed by atoms with Crippen LogP contribution >= 0.6 is 0 Å². The Bertz CT molecular complexity index is 1120. The first-order valence-corrected chi connectivity index (χ1v) is 10.7. The average molecular weight is 413 g/mol. The molecule has 0 atom stereocenters. The number of aromatic nitrogens is 2. The van der Waals surface area contributed by atoms with Crippen LogP contribution in [0.4, 0.5) is 5.69 Å². The van der Waals surface area contributed by atoms with Crippen molar-refractivity contribution in [2.24, 2.45) is 7.05 Å². The SMILES string of the molecule is Cc1ccc(S(=O)(=O)Nc2cc(C(=O)NCCc3cnn(C)c3)ccc2C)cc1. The van der Waals surface area contributed by atoms with E-state index >= 15 is 0 Å². The lowest BCUT2D eigenvalue weighted by Crippen LogP contribution is -2.26. The number of aryl methyl sites for hydroxylation is 3. The van der Waals surface area contributed by atoms with E-state index in [1.54, 1.807) is 60.3 Å². The van der Waals surface area contributed by atoms with E-state index in [4.69, 9.17) is 0 Å². The minimum atomic E-state index is -3.74. The van der Waals surface area contributed by atoms with Crippen LogP contribution in [-0.4, -0.2) is 30.7 Å². The van der Waals surface area contributed by atoms with Crippen molar-refractivity contribution in [2.45, 2.75) is 25.2 Å². The van der Waals surface area contributed by atoms with Gasteiger partial charge in [-0.2, -0.15) is 5.10 Å². The first-order valence-electron chi connectivity index (χ1n) is 9.20. The summed E-state index contributed by atoms with van der Waals surface area (Å²) in [6.07, 6.45) is 4.32. The van der Waals surface area contributed by atoms with E-state index in [-0.39, 0.29) is 10.8 Å². The van der Waals surface area contributed by atoms with Crippen LogP contribution in [0.5, 0.6) is 0 Å². The van der Waals surface area contributed by atoms with Crippen LogP contribution in [0.3, 0.4) is 0 Å². The molecule has 1 amide bonds. The molecule has 2 N–H and O–H groups in total. The van der Waals surface area contributed by atoms with Crippen molar-refractivity contribution in [1.29, 1.82) is 0 Å². The number of rotatable bonds is 7. The van der Waals surface area contributed by atoms with Crippen molar-refractivity contribution in [2.75, 3.05) is 11.3 Å². The van der Waals surface area contributed by atoms with E-state index in [0.717, 1.165) is 16.7 Å². The standard InChI is InChI=1S/C21H24N4O3S/c1-15-4-8-19(9-5-15)29(27,28)24-20-12-18(7-6-16(20)2)21(26)22-11-10-17-13-23-25(3)14-17/h4-9,12-14,24H,10-11H2,1-3H3,(H,22,26). The van der Waals surface area contributed by atoms with Gasteiger partial charge in [-0.05, 0) is 55.7 Å². The molecule has 0 spiro atoms. The highest BCUT2D eigenvalue weighted by molar-refractivity contribution is 7.92. The molecule has 3 rings (SSSR count). The van der Waals surface area contributed by atoms with E-state index in [1.807, 2.05) is 20.2 Å². The molecule has 0 bridgehead atoms. The van der Waals surface area contributed by atoms with Gasteiger partial charge in [0.05, 0.1) is 16.8 Å². The zero-order valence-corrected chi connectivity index (χ0v) is 17.5. The summed E-state index contributed by atoms with van der Waals surface area (Å²) in [7, 11) is -1.90. The van der Waals surface area contributed by atoms with Gasteiger partial charge in [0.2, 0.25) is 0 Å². The van der Waals surface area contributed by atoms with Crippen LogP contribution < -0.4 is 10.0 Å².